The van der Waals surface area contributed by atoms with Gasteiger partial charge < -0.3 is 14.8 Å². The SMILES string of the molecule is O=C1NCN2N=C(Sc3ccc(F)cc3Cl)C=CC2=C1c1cc2c(cc1Cl)OCO2. The molecule has 0 bridgehead atoms. The summed E-state index contributed by atoms with van der Waals surface area (Å²) >= 11 is 13.8. The highest BCUT2D eigenvalue weighted by molar-refractivity contribution is 8.14. The molecule has 0 fully saturated rings. The molecule has 0 spiro atoms. The molecule has 0 saturated carbocycles. The molecular weight excluding hydrogens is 452 g/mol. The van der Waals surface area contributed by atoms with Crippen molar-refractivity contribution in [2.24, 2.45) is 5.10 Å². The average Bonchev–Trinajstić information content (AvgIpc) is 3.17. The lowest BCUT2D eigenvalue weighted by atomic mass is 9.99. The van der Waals surface area contributed by atoms with Crippen molar-refractivity contribution >= 4 is 51.5 Å². The van der Waals surface area contributed by atoms with E-state index in [1.54, 1.807) is 35.4 Å². The number of hydrogen-bond donors (Lipinski definition) is 1. The van der Waals surface area contributed by atoms with Crippen LogP contribution in [-0.2, 0) is 4.79 Å². The molecule has 0 atom stereocenters. The van der Waals surface area contributed by atoms with Crippen molar-refractivity contribution in [3.8, 4) is 11.5 Å². The fourth-order valence-corrected chi connectivity index (χ4v) is 4.55. The second-order valence-corrected chi connectivity index (χ2v) is 8.33. The van der Waals surface area contributed by atoms with Crippen LogP contribution in [0.25, 0.3) is 5.57 Å². The minimum atomic E-state index is -0.403. The van der Waals surface area contributed by atoms with Crippen molar-refractivity contribution in [2.45, 2.75) is 4.90 Å². The van der Waals surface area contributed by atoms with Crippen molar-refractivity contribution in [1.82, 2.24) is 10.3 Å². The third-order valence-corrected chi connectivity index (χ3v) is 6.33. The molecule has 2 aromatic carbocycles. The number of amides is 1. The standard InChI is InChI=1S/C20H12Cl2FN3O3S/c21-12-7-16-15(28-9-29-16)6-11(12)19-14-2-4-18(25-26(14)8-24-20(19)27)30-17-3-1-10(23)5-13(17)22/h1-7H,8-9H2,(H,24,27). The highest BCUT2D eigenvalue weighted by Gasteiger charge is 2.30. The number of nitrogens with zero attached hydrogens (tertiary/aromatic N) is 2. The highest BCUT2D eigenvalue weighted by atomic mass is 35.5. The van der Waals surface area contributed by atoms with Gasteiger partial charge in [0.2, 0.25) is 6.79 Å². The Morgan fingerprint density at radius 3 is 2.70 bits per heavy atom. The maximum absolute atomic E-state index is 13.3. The number of carbonyl (C=O) groups is 1. The maximum atomic E-state index is 13.3. The molecule has 30 heavy (non-hydrogen) atoms. The Balaban J connectivity index is 1.51. The van der Waals surface area contributed by atoms with E-state index in [9.17, 15) is 9.18 Å². The molecular formula is C20H12Cl2FN3O3S. The first-order chi connectivity index (χ1) is 14.5. The van der Waals surface area contributed by atoms with Gasteiger partial charge in [-0.25, -0.2) is 9.40 Å². The predicted octanol–water partition coefficient (Wildman–Crippen LogP) is 4.64. The number of allylic oxidation sites excluding steroid dienone is 1. The topological polar surface area (TPSA) is 63.2 Å². The predicted molar refractivity (Wildman–Crippen MR) is 113 cm³/mol. The molecule has 1 N–H and O–H groups in total. The summed E-state index contributed by atoms with van der Waals surface area (Å²) in [6.07, 6.45) is 3.57. The third-order valence-electron chi connectivity index (χ3n) is 4.59. The van der Waals surface area contributed by atoms with Gasteiger partial charge in [-0.2, -0.15) is 5.10 Å². The van der Waals surface area contributed by atoms with Crippen LogP contribution >= 0.6 is 35.0 Å². The lowest BCUT2D eigenvalue weighted by molar-refractivity contribution is -0.116. The molecule has 10 heteroatoms. The Morgan fingerprint density at radius 2 is 1.90 bits per heavy atom. The van der Waals surface area contributed by atoms with Crippen molar-refractivity contribution < 1.29 is 18.7 Å². The zero-order valence-electron chi connectivity index (χ0n) is 15.1. The summed E-state index contributed by atoms with van der Waals surface area (Å²) in [4.78, 5) is 13.4. The van der Waals surface area contributed by atoms with Crippen molar-refractivity contribution in [3.05, 3.63) is 69.6 Å². The van der Waals surface area contributed by atoms with Crippen LogP contribution in [0.3, 0.4) is 0 Å². The van der Waals surface area contributed by atoms with E-state index in [1.165, 1.54) is 23.9 Å². The fourth-order valence-electron chi connectivity index (χ4n) is 3.22. The normalized spacial score (nSPS) is 17.1. The number of hydrogen-bond acceptors (Lipinski definition) is 6. The van der Waals surface area contributed by atoms with Crippen LogP contribution in [0.15, 0.2) is 58.2 Å². The second-order valence-electron chi connectivity index (χ2n) is 6.46. The molecule has 3 aliphatic heterocycles. The molecule has 5 rings (SSSR count). The zero-order chi connectivity index (χ0) is 20.8. The Labute approximate surface area is 184 Å². The van der Waals surface area contributed by atoms with Gasteiger partial charge >= 0.3 is 0 Å². The maximum Gasteiger partial charge on any atom is 0.255 e. The van der Waals surface area contributed by atoms with Gasteiger partial charge in [0.05, 0.1) is 21.3 Å². The molecule has 152 valence electrons. The summed E-state index contributed by atoms with van der Waals surface area (Å²) in [5.74, 6) is 0.395. The Bertz CT molecular complexity index is 1180. The number of nitrogens with one attached hydrogen (secondary N) is 1. The van der Waals surface area contributed by atoms with Crippen molar-refractivity contribution in [2.75, 3.05) is 13.5 Å². The van der Waals surface area contributed by atoms with Crippen molar-refractivity contribution in [3.63, 3.8) is 0 Å². The summed E-state index contributed by atoms with van der Waals surface area (Å²) in [6, 6.07) is 7.51. The molecule has 0 radical (unpaired) electrons. The quantitative estimate of drug-likeness (QED) is 0.702. The average molecular weight is 464 g/mol. The molecule has 6 nitrogen and oxygen atoms in total. The van der Waals surface area contributed by atoms with E-state index in [0.29, 0.717) is 48.3 Å². The third kappa shape index (κ3) is 3.40. The van der Waals surface area contributed by atoms with Gasteiger partial charge in [-0.1, -0.05) is 35.0 Å². The van der Waals surface area contributed by atoms with Crippen LogP contribution in [0, 0.1) is 5.82 Å². The van der Waals surface area contributed by atoms with E-state index >= 15 is 0 Å². The summed E-state index contributed by atoms with van der Waals surface area (Å²) in [5.41, 5.74) is 1.51. The number of carbonyl (C=O) groups excluding carboxylic acids is 1. The van der Waals surface area contributed by atoms with Crippen LogP contribution in [0.5, 0.6) is 11.5 Å². The van der Waals surface area contributed by atoms with Gasteiger partial charge in [-0.3, -0.25) is 4.79 Å². The minimum Gasteiger partial charge on any atom is -0.454 e. The van der Waals surface area contributed by atoms with E-state index in [1.807, 2.05) is 0 Å². The van der Waals surface area contributed by atoms with E-state index in [4.69, 9.17) is 32.7 Å². The molecule has 1 amide bonds. The number of thioether (sulfide) groups is 1. The second kappa shape index (κ2) is 7.54. The number of fused-ring (bicyclic) bond motifs is 2. The van der Waals surface area contributed by atoms with Crippen LogP contribution < -0.4 is 14.8 Å². The summed E-state index contributed by atoms with van der Waals surface area (Å²) in [7, 11) is 0. The smallest absolute Gasteiger partial charge is 0.255 e. The van der Waals surface area contributed by atoms with E-state index < -0.39 is 5.82 Å². The minimum absolute atomic E-state index is 0.107. The molecule has 0 unspecified atom stereocenters. The van der Waals surface area contributed by atoms with Gasteiger partial charge in [0.25, 0.3) is 5.91 Å². The first-order valence-electron chi connectivity index (χ1n) is 8.79. The summed E-state index contributed by atoms with van der Waals surface area (Å²) in [5, 5.41) is 10.4. The number of hydrazone groups is 1. The Morgan fingerprint density at radius 1 is 1.10 bits per heavy atom. The Kier molecular flexibility index (Phi) is 4.85. The van der Waals surface area contributed by atoms with Crippen LogP contribution in [0.4, 0.5) is 4.39 Å². The van der Waals surface area contributed by atoms with E-state index in [-0.39, 0.29) is 19.4 Å². The molecule has 0 aliphatic carbocycles. The van der Waals surface area contributed by atoms with Gasteiger partial charge in [0.1, 0.15) is 17.5 Å². The largest absolute Gasteiger partial charge is 0.454 e. The lowest BCUT2D eigenvalue weighted by Gasteiger charge is -2.31. The number of ether oxygens (including phenoxy) is 2. The van der Waals surface area contributed by atoms with Crippen LogP contribution in [0.1, 0.15) is 5.56 Å². The summed E-state index contributed by atoms with van der Waals surface area (Å²) < 4.78 is 24.0. The molecule has 3 heterocycles. The van der Waals surface area contributed by atoms with Gasteiger partial charge in [-0.15, -0.1) is 0 Å². The first kappa shape index (κ1) is 19.3. The number of benzene rings is 2. The van der Waals surface area contributed by atoms with E-state index in [0.717, 1.165) is 0 Å². The summed E-state index contributed by atoms with van der Waals surface area (Å²) in [6.45, 7) is 0.307. The van der Waals surface area contributed by atoms with Gasteiger partial charge in [0, 0.05) is 16.5 Å². The van der Waals surface area contributed by atoms with Gasteiger partial charge in [-0.05, 0) is 36.4 Å². The molecule has 3 aliphatic rings. The molecule has 0 saturated heterocycles. The molecule has 2 aromatic rings. The first-order valence-corrected chi connectivity index (χ1v) is 10.4. The monoisotopic (exact) mass is 463 g/mol. The number of rotatable bonds is 2. The lowest BCUT2D eigenvalue weighted by Crippen LogP contribution is -2.41. The van der Waals surface area contributed by atoms with Gasteiger partial charge in [0.15, 0.2) is 11.5 Å². The van der Waals surface area contributed by atoms with Crippen LogP contribution in [-0.4, -0.2) is 29.4 Å². The highest BCUT2D eigenvalue weighted by Crippen LogP contribution is 2.41. The molecule has 0 aromatic heterocycles. The zero-order valence-corrected chi connectivity index (χ0v) is 17.4. The fraction of sp³-hybridized carbons (Fsp3) is 0.100. The Hall–Kier alpha value is -2.68. The van der Waals surface area contributed by atoms with Crippen LogP contribution in [0.2, 0.25) is 10.0 Å². The van der Waals surface area contributed by atoms with E-state index in [2.05, 4.69) is 10.4 Å². The number of halogens is 3. The van der Waals surface area contributed by atoms with Crippen molar-refractivity contribution in [1.29, 1.82) is 0 Å².